The summed E-state index contributed by atoms with van der Waals surface area (Å²) in [7, 11) is 1.75. The first-order valence-corrected chi connectivity index (χ1v) is 8.18. The topological polar surface area (TPSA) is 30.5 Å². The Morgan fingerprint density at radius 3 is 2.62 bits per heavy atom. The molecule has 2 atom stereocenters. The zero-order valence-electron chi connectivity index (χ0n) is 13.8. The van der Waals surface area contributed by atoms with E-state index in [1.807, 2.05) is 0 Å². The Hall–Kier alpha value is -1.06. The Labute approximate surface area is 129 Å². The van der Waals surface area contributed by atoms with Crippen LogP contribution in [0.15, 0.2) is 18.2 Å². The molecule has 1 fully saturated rings. The third-order valence-corrected chi connectivity index (χ3v) is 4.18. The number of rotatable bonds is 9. The number of aryl methyl sites for hydroxylation is 1. The minimum atomic E-state index is 0.320. The van der Waals surface area contributed by atoms with Gasteiger partial charge in [-0.25, -0.2) is 0 Å². The maximum Gasteiger partial charge on any atom is 0.122 e. The maximum absolute atomic E-state index is 6.05. The van der Waals surface area contributed by atoms with E-state index in [2.05, 4.69) is 44.3 Å². The fraction of sp³-hybridized carbons (Fsp3) is 0.667. The van der Waals surface area contributed by atoms with Crippen molar-refractivity contribution in [2.24, 2.45) is 5.92 Å². The monoisotopic (exact) mass is 291 g/mol. The van der Waals surface area contributed by atoms with Crippen molar-refractivity contribution in [1.82, 2.24) is 5.32 Å². The van der Waals surface area contributed by atoms with Crippen molar-refractivity contribution in [3.05, 3.63) is 29.3 Å². The number of nitrogens with one attached hydrogen (secondary N) is 1. The summed E-state index contributed by atoms with van der Waals surface area (Å²) in [6, 6.07) is 6.77. The van der Waals surface area contributed by atoms with Gasteiger partial charge in [0.05, 0.1) is 13.2 Å². The van der Waals surface area contributed by atoms with Crippen molar-refractivity contribution in [3.63, 3.8) is 0 Å². The molecule has 1 N–H and O–H groups in total. The van der Waals surface area contributed by atoms with Crippen LogP contribution in [-0.4, -0.2) is 32.4 Å². The molecule has 21 heavy (non-hydrogen) atoms. The first-order chi connectivity index (χ1) is 10.2. The van der Waals surface area contributed by atoms with E-state index in [4.69, 9.17) is 9.47 Å². The predicted molar refractivity (Wildman–Crippen MR) is 87.0 cm³/mol. The van der Waals surface area contributed by atoms with Gasteiger partial charge >= 0.3 is 0 Å². The van der Waals surface area contributed by atoms with Crippen LogP contribution in [0.1, 0.15) is 37.8 Å². The first-order valence-electron chi connectivity index (χ1n) is 8.18. The molecule has 0 amide bonds. The average Bonchev–Trinajstić information content (AvgIpc) is 3.29. The van der Waals surface area contributed by atoms with Gasteiger partial charge in [-0.2, -0.15) is 0 Å². The zero-order chi connectivity index (χ0) is 15.2. The molecule has 0 heterocycles. The largest absolute Gasteiger partial charge is 0.496 e. The van der Waals surface area contributed by atoms with Gasteiger partial charge in [-0.15, -0.1) is 0 Å². The molecule has 0 saturated heterocycles. The highest BCUT2D eigenvalue weighted by atomic mass is 16.5. The van der Waals surface area contributed by atoms with Crippen LogP contribution < -0.4 is 10.1 Å². The van der Waals surface area contributed by atoms with E-state index in [0.717, 1.165) is 31.2 Å². The van der Waals surface area contributed by atoms with E-state index >= 15 is 0 Å². The molecular weight excluding hydrogens is 262 g/mol. The summed E-state index contributed by atoms with van der Waals surface area (Å²) in [5, 5.41) is 3.63. The second kappa shape index (κ2) is 7.81. The lowest BCUT2D eigenvalue weighted by molar-refractivity contribution is 0.0195. The summed E-state index contributed by atoms with van der Waals surface area (Å²) in [5.74, 6) is 1.71. The molecule has 1 aliphatic rings. The normalized spacial score (nSPS) is 17.5. The third kappa shape index (κ3) is 4.45. The smallest absolute Gasteiger partial charge is 0.122 e. The molecule has 1 aromatic rings. The standard InChI is InChI=1S/C18H29NO2/c1-5-19-16(18(21-6-2)14-8-9-14)12-15-11-13(3)7-10-17(15)20-4/h7,10-11,14,16,18-19H,5-6,8-9,12H2,1-4H3. The second-order valence-electron chi connectivity index (χ2n) is 5.94. The number of methoxy groups -OCH3 is 1. The van der Waals surface area contributed by atoms with Gasteiger partial charge in [0.2, 0.25) is 0 Å². The Kier molecular flexibility index (Phi) is 6.07. The van der Waals surface area contributed by atoms with E-state index in [9.17, 15) is 0 Å². The van der Waals surface area contributed by atoms with Gasteiger partial charge in [0, 0.05) is 12.6 Å². The molecule has 1 saturated carbocycles. The summed E-state index contributed by atoms with van der Waals surface area (Å²) >= 11 is 0. The highest BCUT2D eigenvalue weighted by Gasteiger charge is 2.37. The molecular formula is C18H29NO2. The third-order valence-electron chi connectivity index (χ3n) is 4.18. The Morgan fingerprint density at radius 2 is 2.05 bits per heavy atom. The first kappa shape index (κ1) is 16.3. The number of likely N-dealkylation sites (N-methyl/N-ethyl adjacent to an activating group) is 1. The van der Waals surface area contributed by atoms with Crippen molar-refractivity contribution >= 4 is 0 Å². The molecule has 3 heteroatoms. The molecule has 1 aromatic carbocycles. The van der Waals surface area contributed by atoms with E-state index < -0.39 is 0 Å². The maximum atomic E-state index is 6.05. The van der Waals surface area contributed by atoms with Gasteiger partial charge in [-0.1, -0.05) is 24.6 Å². The summed E-state index contributed by atoms with van der Waals surface area (Å²) < 4.78 is 11.6. The van der Waals surface area contributed by atoms with Crippen molar-refractivity contribution in [2.45, 2.75) is 52.2 Å². The van der Waals surface area contributed by atoms with Crippen molar-refractivity contribution in [2.75, 3.05) is 20.3 Å². The highest BCUT2D eigenvalue weighted by Crippen LogP contribution is 2.37. The van der Waals surface area contributed by atoms with Crippen LogP contribution in [0.4, 0.5) is 0 Å². The predicted octanol–water partition coefficient (Wildman–Crippen LogP) is 3.34. The Bertz CT molecular complexity index is 443. The molecule has 2 rings (SSSR count). The summed E-state index contributed by atoms with van der Waals surface area (Å²) in [5.41, 5.74) is 2.55. The Morgan fingerprint density at radius 1 is 1.29 bits per heavy atom. The number of hydrogen-bond acceptors (Lipinski definition) is 3. The van der Waals surface area contributed by atoms with Gasteiger partial charge in [0.1, 0.15) is 5.75 Å². The van der Waals surface area contributed by atoms with Crippen molar-refractivity contribution in [3.8, 4) is 5.75 Å². The fourth-order valence-electron chi connectivity index (χ4n) is 3.07. The van der Waals surface area contributed by atoms with Gasteiger partial charge in [0.25, 0.3) is 0 Å². The molecule has 2 unspecified atom stereocenters. The minimum Gasteiger partial charge on any atom is -0.496 e. The average molecular weight is 291 g/mol. The molecule has 1 aliphatic carbocycles. The lowest BCUT2D eigenvalue weighted by Gasteiger charge is -2.28. The van der Waals surface area contributed by atoms with Crippen LogP contribution in [0.2, 0.25) is 0 Å². The molecule has 3 nitrogen and oxygen atoms in total. The number of benzene rings is 1. The molecule has 0 radical (unpaired) electrons. The second-order valence-corrected chi connectivity index (χ2v) is 5.94. The zero-order valence-corrected chi connectivity index (χ0v) is 13.8. The van der Waals surface area contributed by atoms with Crippen LogP contribution in [0.25, 0.3) is 0 Å². The summed E-state index contributed by atoms with van der Waals surface area (Å²) in [6.45, 7) is 8.14. The molecule has 0 aromatic heterocycles. The quantitative estimate of drug-likeness (QED) is 0.757. The SMILES string of the molecule is CCNC(Cc1cc(C)ccc1OC)C(OCC)C1CC1. The van der Waals surface area contributed by atoms with Crippen LogP contribution in [0, 0.1) is 12.8 Å². The molecule has 118 valence electrons. The van der Waals surface area contributed by atoms with Crippen LogP contribution >= 0.6 is 0 Å². The van der Waals surface area contributed by atoms with Crippen molar-refractivity contribution < 1.29 is 9.47 Å². The summed E-state index contributed by atoms with van der Waals surface area (Å²) in [6.07, 6.45) is 3.88. The van der Waals surface area contributed by atoms with E-state index in [1.165, 1.54) is 24.0 Å². The molecule has 0 bridgehead atoms. The lowest BCUT2D eigenvalue weighted by atomic mass is 9.96. The number of hydrogen-bond donors (Lipinski definition) is 1. The van der Waals surface area contributed by atoms with E-state index in [0.29, 0.717) is 12.1 Å². The summed E-state index contributed by atoms with van der Waals surface area (Å²) in [4.78, 5) is 0. The van der Waals surface area contributed by atoms with Crippen LogP contribution in [0.3, 0.4) is 0 Å². The molecule has 0 aliphatic heterocycles. The van der Waals surface area contributed by atoms with Gasteiger partial charge in [-0.3, -0.25) is 0 Å². The number of ether oxygens (including phenoxy) is 2. The van der Waals surface area contributed by atoms with Crippen LogP contribution in [-0.2, 0) is 11.2 Å². The van der Waals surface area contributed by atoms with Gasteiger partial charge < -0.3 is 14.8 Å². The van der Waals surface area contributed by atoms with Crippen LogP contribution in [0.5, 0.6) is 5.75 Å². The van der Waals surface area contributed by atoms with Gasteiger partial charge in [0.15, 0.2) is 0 Å². The lowest BCUT2D eigenvalue weighted by Crippen LogP contribution is -2.44. The van der Waals surface area contributed by atoms with Crippen molar-refractivity contribution in [1.29, 1.82) is 0 Å². The fourth-order valence-corrected chi connectivity index (χ4v) is 3.07. The van der Waals surface area contributed by atoms with E-state index in [-0.39, 0.29) is 0 Å². The minimum absolute atomic E-state index is 0.320. The van der Waals surface area contributed by atoms with Gasteiger partial charge in [-0.05, 0) is 57.2 Å². The Balaban J connectivity index is 2.16. The van der Waals surface area contributed by atoms with E-state index in [1.54, 1.807) is 7.11 Å². The highest BCUT2D eigenvalue weighted by molar-refractivity contribution is 5.37. The molecule has 0 spiro atoms.